The van der Waals surface area contributed by atoms with E-state index in [1.54, 1.807) is 13.0 Å². The summed E-state index contributed by atoms with van der Waals surface area (Å²) in [6.07, 6.45) is 3.31. The van der Waals surface area contributed by atoms with E-state index in [0.717, 1.165) is 18.2 Å². The quantitative estimate of drug-likeness (QED) is 0.601. The standard InChI is InChI=1S/C7H14O3S/c1-3-5-6-7-11(8,9)10-4-2/h6-7H,3-5H2,1-2H3. The van der Waals surface area contributed by atoms with Gasteiger partial charge in [-0.3, -0.25) is 4.18 Å². The summed E-state index contributed by atoms with van der Waals surface area (Å²) in [7, 11) is -3.38. The highest BCUT2D eigenvalue weighted by Crippen LogP contribution is 1.97. The molecule has 0 aliphatic rings. The van der Waals surface area contributed by atoms with E-state index < -0.39 is 10.1 Å². The molecule has 0 aromatic rings. The molecule has 0 fully saturated rings. The fraction of sp³-hybridized carbons (Fsp3) is 0.714. The van der Waals surface area contributed by atoms with E-state index in [4.69, 9.17) is 0 Å². The maximum absolute atomic E-state index is 10.8. The van der Waals surface area contributed by atoms with Gasteiger partial charge in [0.1, 0.15) is 0 Å². The van der Waals surface area contributed by atoms with Crippen molar-refractivity contribution in [1.29, 1.82) is 0 Å². The van der Waals surface area contributed by atoms with Crippen LogP contribution in [-0.4, -0.2) is 15.0 Å². The number of hydrogen-bond acceptors (Lipinski definition) is 3. The smallest absolute Gasteiger partial charge is 0.267 e. The van der Waals surface area contributed by atoms with E-state index >= 15 is 0 Å². The molecular weight excluding hydrogens is 164 g/mol. The minimum atomic E-state index is -3.38. The Hall–Kier alpha value is -0.350. The molecule has 0 saturated carbocycles. The molecule has 66 valence electrons. The van der Waals surface area contributed by atoms with E-state index in [-0.39, 0.29) is 6.61 Å². The second-order valence-electron chi connectivity index (χ2n) is 2.06. The zero-order chi connectivity index (χ0) is 8.74. The lowest BCUT2D eigenvalue weighted by Gasteiger charge is -1.94. The van der Waals surface area contributed by atoms with Gasteiger partial charge in [0.2, 0.25) is 0 Å². The molecule has 0 rings (SSSR count). The number of rotatable bonds is 5. The summed E-state index contributed by atoms with van der Waals surface area (Å²) in [4.78, 5) is 0. The molecule has 3 nitrogen and oxygen atoms in total. The van der Waals surface area contributed by atoms with Crippen molar-refractivity contribution < 1.29 is 12.6 Å². The molecule has 0 aliphatic carbocycles. The third-order valence-corrected chi connectivity index (χ3v) is 2.09. The lowest BCUT2D eigenvalue weighted by atomic mass is 10.3. The van der Waals surface area contributed by atoms with Gasteiger partial charge in [0.05, 0.1) is 12.0 Å². The van der Waals surface area contributed by atoms with E-state index in [0.29, 0.717) is 0 Å². The van der Waals surface area contributed by atoms with Gasteiger partial charge < -0.3 is 0 Å². The first-order valence-electron chi connectivity index (χ1n) is 3.68. The van der Waals surface area contributed by atoms with Crippen LogP contribution in [0.2, 0.25) is 0 Å². The van der Waals surface area contributed by atoms with E-state index in [9.17, 15) is 8.42 Å². The summed E-state index contributed by atoms with van der Waals surface area (Å²) in [5, 5.41) is 1.11. The van der Waals surface area contributed by atoms with Crippen LogP contribution in [0.3, 0.4) is 0 Å². The SMILES string of the molecule is CCCC=CS(=O)(=O)OCC. The lowest BCUT2D eigenvalue weighted by Crippen LogP contribution is -2.00. The van der Waals surface area contributed by atoms with Crippen LogP contribution in [0.1, 0.15) is 26.7 Å². The molecule has 0 heterocycles. The summed E-state index contributed by atoms with van der Waals surface area (Å²) >= 11 is 0. The summed E-state index contributed by atoms with van der Waals surface area (Å²) in [6, 6.07) is 0. The third-order valence-electron chi connectivity index (χ3n) is 1.00. The van der Waals surface area contributed by atoms with Gasteiger partial charge in [-0.2, -0.15) is 8.42 Å². The van der Waals surface area contributed by atoms with Crippen LogP contribution in [0.4, 0.5) is 0 Å². The van der Waals surface area contributed by atoms with Crippen molar-refractivity contribution in [3.63, 3.8) is 0 Å². The first-order valence-corrected chi connectivity index (χ1v) is 5.15. The number of hydrogen-bond donors (Lipinski definition) is 0. The molecule has 0 amide bonds. The molecule has 0 bridgehead atoms. The van der Waals surface area contributed by atoms with Crippen molar-refractivity contribution in [2.24, 2.45) is 0 Å². The van der Waals surface area contributed by atoms with E-state index in [1.165, 1.54) is 0 Å². The largest absolute Gasteiger partial charge is 0.289 e. The van der Waals surface area contributed by atoms with Crippen molar-refractivity contribution in [2.45, 2.75) is 26.7 Å². The predicted octanol–water partition coefficient (Wildman–Crippen LogP) is 1.67. The van der Waals surface area contributed by atoms with Crippen LogP contribution in [0.5, 0.6) is 0 Å². The average molecular weight is 178 g/mol. The van der Waals surface area contributed by atoms with Gasteiger partial charge in [-0.1, -0.05) is 19.4 Å². The minimum absolute atomic E-state index is 0.193. The highest BCUT2D eigenvalue weighted by molar-refractivity contribution is 7.89. The second-order valence-corrected chi connectivity index (χ2v) is 3.55. The fourth-order valence-corrected chi connectivity index (χ4v) is 1.33. The molecule has 0 unspecified atom stereocenters. The topological polar surface area (TPSA) is 43.4 Å². The van der Waals surface area contributed by atoms with Crippen molar-refractivity contribution in [3.05, 3.63) is 11.5 Å². The van der Waals surface area contributed by atoms with E-state index in [1.807, 2.05) is 6.92 Å². The zero-order valence-corrected chi connectivity index (χ0v) is 7.73. The Balaban J connectivity index is 3.91. The van der Waals surface area contributed by atoms with Crippen LogP contribution in [0.25, 0.3) is 0 Å². The highest BCUT2D eigenvalue weighted by atomic mass is 32.2. The Labute approximate surface area is 68.2 Å². The van der Waals surface area contributed by atoms with E-state index in [2.05, 4.69) is 4.18 Å². The van der Waals surface area contributed by atoms with Crippen LogP contribution in [-0.2, 0) is 14.3 Å². The van der Waals surface area contributed by atoms with Gasteiger partial charge in [-0.15, -0.1) is 0 Å². The van der Waals surface area contributed by atoms with Gasteiger partial charge in [0.25, 0.3) is 10.1 Å². The molecule has 0 radical (unpaired) electrons. The van der Waals surface area contributed by atoms with Crippen LogP contribution in [0.15, 0.2) is 11.5 Å². The maximum Gasteiger partial charge on any atom is 0.289 e. The summed E-state index contributed by atoms with van der Waals surface area (Å²) in [6.45, 7) is 3.82. The van der Waals surface area contributed by atoms with Gasteiger partial charge >= 0.3 is 0 Å². The third kappa shape index (κ3) is 6.06. The van der Waals surface area contributed by atoms with Gasteiger partial charge in [-0.05, 0) is 13.3 Å². The molecule has 4 heteroatoms. The normalized spacial score (nSPS) is 12.5. The molecule has 0 N–H and O–H groups in total. The Morgan fingerprint density at radius 1 is 1.36 bits per heavy atom. The summed E-state index contributed by atoms with van der Waals surface area (Å²) in [5.74, 6) is 0. The first kappa shape index (κ1) is 10.7. The van der Waals surface area contributed by atoms with Crippen molar-refractivity contribution in [3.8, 4) is 0 Å². The minimum Gasteiger partial charge on any atom is -0.267 e. The number of allylic oxidation sites excluding steroid dienone is 1. The average Bonchev–Trinajstić information content (AvgIpc) is 1.87. The van der Waals surface area contributed by atoms with Crippen molar-refractivity contribution in [2.75, 3.05) is 6.61 Å². The van der Waals surface area contributed by atoms with Crippen molar-refractivity contribution in [1.82, 2.24) is 0 Å². The summed E-state index contributed by atoms with van der Waals surface area (Å²) < 4.78 is 26.1. The molecule has 0 saturated heterocycles. The first-order chi connectivity index (χ1) is 5.12. The zero-order valence-electron chi connectivity index (χ0n) is 6.91. The lowest BCUT2D eigenvalue weighted by molar-refractivity contribution is 0.344. The maximum atomic E-state index is 10.8. The Kier molecular flexibility index (Phi) is 5.15. The highest BCUT2D eigenvalue weighted by Gasteiger charge is 2.01. The molecule has 0 spiro atoms. The predicted molar refractivity (Wildman–Crippen MR) is 44.6 cm³/mol. The Bertz CT molecular complexity index is 204. The van der Waals surface area contributed by atoms with Gasteiger partial charge in [0, 0.05) is 0 Å². The second kappa shape index (κ2) is 5.32. The van der Waals surface area contributed by atoms with Gasteiger partial charge in [-0.25, -0.2) is 0 Å². The molecule has 0 atom stereocenters. The van der Waals surface area contributed by atoms with Crippen molar-refractivity contribution >= 4 is 10.1 Å². The van der Waals surface area contributed by atoms with Crippen LogP contribution < -0.4 is 0 Å². The fourth-order valence-electron chi connectivity index (χ4n) is 0.556. The van der Waals surface area contributed by atoms with Crippen LogP contribution >= 0.6 is 0 Å². The number of unbranched alkanes of at least 4 members (excludes halogenated alkanes) is 1. The molecule has 0 aliphatic heterocycles. The molecule has 0 aromatic heterocycles. The molecular formula is C7H14O3S. The van der Waals surface area contributed by atoms with Gasteiger partial charge in [0.15, 0.2) is 0 Å². The van der Waals surface area contributed by atoms with Crippen LogP contribution in [0, 0.1) is 0 Å². The molecule has 0 aromatic carbocycles. The molecule has 11 heavy (non-hydrogen) atoms. The Morgan fingerprint density at radius 2 is 2.00 bits per heavy atom. The Morgan fingerprint density at radius 3 is 2.45 bits per heavy atom. The monoisotopic (exact) mass is 178 g/mol. The summed E-state index contributed by atoms with van der Waals surface area (Å²) in [5.41, 5.74) is 0.